The van der Waals surface area contributed by atoms with E-state index in [9.17, 15) is 0 Å². The van der Waals surface area contributed by atoms with Gasteiger partial charge >= 0.3 is 0 Å². The molecule has 82 valence electrons. The van der Waals surface area contributed by atoms with Crippen molar-refractivity contribution in [1.82, 2.24) is 0 Å². The Labute approximate surface area is 81.0 Å². The Morgan fingerprint density at radius 3 is 2.00 bits per heavy atom. The van der Waals surface area contributed by atoms with Crippen molar-refractivity contribution in [3.8, 4) is 0 Å². The third kappa shape index (κ3) is 18.7. The lowest BCUT2D eigenvalue weighted by Crippen LogP contribution is -2.07. The molecule has 0 heterocycles. The van der Waals surface area contributed by atoms with Crippen molar-refractivity contribution in [2.45, 2.75) is 19.8 Å². The van der Waals surface area contributed by atoms with E-state index in [2.05, 4.69) is 12.7 Å². The first-order chi connectivity index (χ1) is 6.41. The summed E-state index contributed by atoms with van der Waals surface area (Å²) in [6.45, 7) is 4.68. The highest BCUT2D eigenvalue weighted by atomic mass is 16.5. The molecule has 0 spiro atoms. The van der Waals surface area contributed by atoms with Crippen LogP contribution in [0.3, 0.4) is 0 Å². The second kappa shape index (κ2) is 17.8. The van der Waals surface area contributed by atoms with Gasteiger partial charge in [0.25, 0.3) is 0 Å². The molecule has 0 radical (unpaired) electrons. The van der Waals surface area contributed by atoms with Crippen LogP contribution in [0.2, 0.25) is 0 Å². The van der Waals surface area contributed by atoms with Gasteiger partial charge in [-0.15, -0.1) is 0 Å². The molecule has 4 heteroatoms. The van der Waals surface area contributed by atoms with Crippen LogP contribution < -0.4 is 5.73 Å². The molecule has 13 heavy (non-hydrogen) atoms. The second-order valence-electron chi connectivity index (χ2n) is 2.30. The van der Waals surface area contributed by atoms with E-state index in [4.69, 9.17) is 14.6 Å². The van der Waals surface area contributed by atoms with Crippen LogP contribution in [0.25, 0.3) is 0 Å². The normalized spacial score (nSPS) is 9.23. The standard InChI is InChI=1S/C8H18O3.CH5N/c1-2-3-5-10-7-8-11-6-4-9;1-2/h9H,2-8H2,1H3;2H2,1H3. The summed E-state index contributed by atoms with van der Waals surface area (Å²) in [4.78, 5) is 0. The zero-order valence-electron chi connectivity index (χ0n) is 8.79. The first-order valence-electron chi connectivity index (χ1n) is 4.76. The van der Waals surface area contributed by atoms with Gasteiger partial charge in [-0.1, -0.05) is 13.3 Å². The second-order valence-corrected chi connectivity index (χ2v) is 2.30. The third-order valence-electron chi connectivity index (χ3n) is 1.25. The Morgan fingerprint density at radius 2 is 1.54 bits per heavy atom. The van der Waals surface area contributed by atoms with Gasteiger partial charge in [0.05, 0.1) is 26.4 Å². The molecular formula is C9H23NO3. The predicted octanol–water partition coefficient (Wildman–Crippen LogP) is 0.387. The highest BCUT2D eigenvalue weighted by molar-refractivity contribution is 4.33. The number of rotatable bonds is 8. The molecule has 0 bridgehead atoms. The van der Waals surface area contributed by atoms with Crippen LogP contribution in [-0.2, 0) is 9.47 Å². The SMILES string of the molecule is CCCCOCCOCCO.CN. The summed E-state index contributed by atoms with van der Waals surface area (Å²) >= 11 is 0. The molecular weight excluding hydrogens is 170 g/mol. The molecule has 0 rings (SSSR count). The Balaban J connectivity index is 0. The summed E-state index contributed by atoms with van der Waals surface area (Å²) in [6.07, 6.45) is 2.28. The van der Waals surface area contributed by atoms with Crippen LogP contribution in [0, 0.1) is 0 Å². The van der Waals surface area contributed by atoms with Crippen molar-refractivity contribution in [3.63, 3.8) is 0 Å². The zero-order valence-corrected chi connectivity index (χ0v) is 8.79. The monoisotopic (exact) mass is 193 g/mol. The first kappa shape index (κ1) is 15.3. The van der Waals surface area contributed by atoms with E-state index in [1.165, 1.54) is 7.05 Å². The molecule has 0 aliphatic rings. The molecule has 0 saturated carbocycles. The van der Waals surface area contributed by atoms with Gasteiger partial charge in [-0.3, -0.25) is 0 Å². The summed E-state index contributed by atoms with van der Waals surface area (Å²) in [5.41, 5.74) is 4.50. The molecule has 4 nitrogen and oxygen atoms in total. The van der Waals surface area contributed by atoms with E-state index in [1.807, 2.05) is 0 Å². The molecule has 0 atom stereocenters. The zero-order chi connectivity index (χ0) is 10.4. The first-order valence-corrected chi connectivity index (χ1v) is 4.76. The fourth-order valence-corrected chi connectivity index (χ4v) is 0.633. The molecule has 3 N–H and O–H groups in total. The Bertz CT molecular complexity index is 63.9. The lowest BCUT2D eigenvalue weighted by Gasteiger charge is -2.02. The van der Waals surface area contributed by atoms with Crippen molar-refractivity contribution in [3.05, 3.63) is 0 Å². The van der Waals surface area contributed by atoms with Crippen LogP contribution in [0.5, 0.6) is 0 Å². The van der Waals surface area contributed by atoms with Gasteiger partial charge in [-0.05, 0) is 13.5 Å². The minimum absolute atomic E-state index is 0.0922. The molecule has 0 unspecified atom stereocenters. The maximum absolute atomic E-state index is 8.34. The molecule has 0 fully saturated rings. The van der Waals surface area contributed by atoms with Gasteiger partial charge < -0.3 is 20.3 Å². The summed E-state index contributed by atoms with van der Waals surface area (Å²) < 4.78 is 10.2. The smallest absolute Gasteiger partial charge is 0.0701 e. The van der Waals surface area contributed by atoms with Crippen LogP contribution in [0.15, 0.2) is 0 Å². The molecule has 0 saturated heterocycles. The topological polar surface area (TPSA) is 64.7 Å². The summed E-state index contributed by atoms with van der Waals surface area (Å²) in [6, 6.07) is 0. The van der Waals surface area contributed by atoms with Crippen LogP contribution in [0.1, 0.15) is 19.8 Å². The summed E-state index contributed by atoms with van der Waals surface area (Å²) in [5, 5.41) is 8.34. The largest absolute Gasteiger partial charge is 0.394 e. The number of hydrogen-bond donors (Lipinski definition) is 2. The fourth-order valence-electron chi connectivity index (χ4n) is 0.633. The van der Waals surface area contributed by atoms with E-state index in [0.29, 0.717) is 19.8 Å². The quantitative estimate of drug-likeness (QED) is 0.547. The maximum atomic E-state index is 8.34. The number of aliphatic hydroxyl groups excluding tert-OH is 1. The number of ether oxygens (including phenoxy) is 2. The van der Waals surface area contributed by atoms with E-state index in [1.54, 1.807) is 0 Å². The molecule has 0 aromatic rings. The van der Waals surface area contributed by atoms with Gasteiger partial charge in [-0.25, -0.2) is 0 Å². The van der Waals surface area contributed by atoms with Crippen molar-refractivity contribution >= 4 is 0 Å². The van der Waals surface area contributed by atoms with Crippen molar-refractivity contribution in [2.24, 2.45) is 5.73 Å². The number of hydrogen-bond acceptors (Lipinski definition) is 4. The third-order valence-corrected chi connectivity index (χ3v) is 1.25. The Kier molecular flexibility index (Phi) is 21.0. The minimum Gasteiger partial charge on any atom is -0.394 e. The molecule has 0 aromatic carbocycles. The molecule has 0 aromatic heterocycles. The lowest BCUT2D eigenvalue weighted by molar-refractivity contribution is 0.0324. The van der Waals surface area contributed by atoms with Crippen LogP contribution >= 0.6 is 0 Å². The van der Waals surface area contributed by atoms with Crippen molar-refractivity contribution in [2.75, 3.05) is 40.1 Å². The average Bonchev–Trinajstić information content (AvgIpc) is 2.20. The van der Waals surface area contributed by atoms with Crippen LogP contribution in [0.4, 0.5) is 0 Å². The number of aliphatic hydroxyl groups is 1. The van der Waals surface area contributed by atoms with Crippen molar-refractivity contribution in [1.29, 1.82) is 0 Å². The summed E-state index contributed by atoms with van der Waals surface area (Å²) in [7, 11) is 1.50. The van der Waals surface area contributed by atoms with Gasteiger partial charge in [0.2, 0.25) is 0 Å². The molecule has 0 aliphatic carbocycles. The molecule has 0 aliphatic heterocycles. The average molecular weight is 193 g/mol. The lowest BCUT2D eigenvalue weighted by atomic mass is 10.4. The van der Waals surface area contributed by atoms with E-state index in [-0.39, 0.29) is 6.61 Å². The van der Waals surface area contributed by atoms with Gasteiger partial charge in [0.15, 0.2) is 0 Å². The highest BCUT2D eigenvalue weighted by Gasteiger charge is 1.87. The summed E-state index contributed by atoms with van der Waals surface area (Å²) in [5.74, 6) is 0. The van der Waals surface area contributed by atoms with Gasteiger partial charge in [-0.2, -0.15) is 0 Å². The van der Waals surface area contributed by atoms with Crippen LogP contribution in [-0.4, -0.2) is 45.2 Å². The Hall–Kier alpha value is -0.160. The minimum atomic E-state index is 0.0922. The fraction of sp³-hybridized carbons (Fsp3) is 1.00. The van der Waals surface area contributed by atoms with E-state index >= 15 is 0 Å². The number of unbranched alkanes of at least 4 members (excludes halogenated alkanes) is 1. The predicted molar refractivity (Wildman–Crippen MR) is 53.7 cm³/mol. The maximum Gasteiger partial charge on any atom is 0.0701 e. The number of nitrogens with two attached hydrogens (primary N) is 1. The van der Waals surface area contributed by atoms with Crippen molar-refractivity contribution < 1.29 is 14.6 Å². The highest BCUT2D eigenvalue weighted by Crippen LogP contribution is 1.87. The van der Waals surface area contributed by atoms with E-state index in [0.717, 1.165) is 19.4 Å². The molecule has 0 amide bonds. The van der Waals surface area contributed by atoms with Gasteiger partial charge in [0.1, 0.15) is 0 Å². The van der Waals surface area contributed by atoms with E-state index < -0.39 is 0 Å². The Morgan fingerprint density at radius 1 is 1.00 bits per heavy atom. The van der Waals surface area contributed by atoms with Gasteiger partial charge in [0, 0.05) is 6.61 Å².